The van der Waals surface area contributed by atoms with Crippen molar-refractivity contribution in [3.8, 4) is 0 Å². The van der Waals surface area contributed by atoms with Gasteiger partial charge in [0.2, 0.25) is 0 Å². The lowest BCUT2D eigenvalue weighted by Gasteiger charge is -2.19. The molecule has 2 unspecified atom stereocenters. The molecule has 4 nitrogen and oxygen atoms in total. The van der Waals surface area contributed by atoms with E-state index in [-0.39, 0.29) is 5.92 Å². The Hall–Kier alpha value is -0.610. The van der Waals surface area contributed by atoms with Gasteiger partial charge in [0.05, 0.1) is 5.92 Å². The zero-order valence-corrected chi connectivity index (χ0v) is 9.94. The Kier molecular flexibility index (Phi) is 4.54. The van der Waals surface area contributed by atoms with Gasteiger partial charge in [-0.3, -0.25) is 4.79 Å². The van der Waals surface area contributed by atoms with Crippen molar-refractivity contribution in [1.29, 1.82) is 0 Å². The maximum atomic E-state index is 10.7. The third-order valence-electron chi connectivity index (χ3n) is 2.95. The molecule has 0 aromatic heterocycles. The molecule has 0 radical (unpaired) electrons. The van der Waals surface area contributed by atoms with E-state index in [1.165, 1.54) is 6.42 Å². The van der Waals surface area contributed by atoms with Crippen molar-refractivity contribution < 1.29 is 9.90 Å². The molecule has 1 aliphatic heterocycles. The van der Waals surface area contributed by atoms with Crippen LogP contribution in [0.25, 0.3) is 0 Å². The molecule has 0 aromatic carbocycles. The molecule has 88 valence electrons. The molecule has 1 N–H and O–H groups in total. The Bertz CT molecular complexity index is 219. The van der Waals surface area contributed by atoms with Gasteiger partial charge in [-0.25, -0.2) is 0 Å². The number of nitrogens with zero attached hydrogens (tertiary/aromatic N) is 2. The Morgan fingerprint density at radius 3 is 2.80 bits per heavy atom. The summed E-state index contributed by atoms with van der Waals surface area (Å²) in [5, 5.41) is 8.82. The van der Waals surface area contributed by atoms with Crippen LogP contribution in [0.4, 0.5) is 0 Å². The van der Waals surface area contributed by atoms with Gasteiger partial charge in [-0.1, -0.05) is 6.92 Å². The molecule has 15 heavy (non-hydrogen) atoms. The fourth-order valence-electron chi connectivity index (χ4n) is 2.21. The fraction of sp³-hybridized carbons (Fsp3) is 0.909. The topological polar surface area (TPSA) is 43.8 Å². The lowest BCUT2D eigenvalue weighted by molar-refractivity contribution is -0.141. The standard InChI is InChI=1S/C11H22N2O2/c1-9(11(14)15)6-13-5-4-10(8-13)7-12(2)3/h9-10H,4-8H2,1-3H3,(H,14,15). The second kappa shape index (κ2) is 5.47. The largest absolute Gasteiger partial charge is 0.481 e. The predicted octanol–water partition coefficient (Wildman–Crippen LogP) is 0.591. The Labute approximate surface area is 91.9 Å². The molecule has 0 spiro atoms. The van der Waals surface area contributed by atoms with Gasteiger partial charge >= 0.3 is 5.97 Å². The van der Waals surface area contributed by atoms with Crippen molar-refractivity contribution in [3.05, 3.63) is 0 Å². The number of hydrogen-bond acceptors (Lipinski definition) is 3. The highest BCUT2D eigenvalue weighted by molar-refractivity contribution is 5.69. The number of carboxylic acid groups (broad SMARTS) is 1. The number of likely N-dealkylation sites (tertiary alicyclic amines) is 1. The van der Waals surface area contributed by atoms with Gasteiger partial charge in [0.1, 0.15) is 0 Å². The second-order valence-electron chi connectivity index (χ2n) is 4.92. The van der Waals surface area contributed by atoms with Gasteiger partial charge in [0.25, 0.3) is 0 Å². The lowest BCUT2D eigenvalue weighted by Crippen LogP contribution is -2.31. The maximum absolute atomic E-state index is 10.7. The normalized spacial score (nSPS) is 24.7. The lowest BCUT2D eigenvalue weighted by atomic mass is 10.1. The average Bonchev–Trinajstić information content (AvgIpc) is 2.51. The van der Waals surface area contributed by atoms with Crippen molar-refractivity contribution in [2.75, 3.05) is 40.3 Å². The first-order chi connectivity index (χ1) is 6.99. The van der Waals surface area contributed by atoms with Gasteiger partial charge in [-0.15, -0.1) is 0 Å². The van der Waals surface area contributed by atoms with E-state index in [1.54, 1.807) is 6.92 Å². The third-order valence-corrected chi connectivity index (χ3v) is 2.95. The first-order valence-corrected chi connectivity index (χ1v) is 5.59. The van der Waals surface area contributed by atoms with E-state index in [1.807, 2.05) is 0 Å². The van der Waals surface area contributed by atoms with Crippen LogP contribution >= 0.6 is 0 Å². The van der Waals surface area contributed by atoms with E-state index >= 15 is 0 Å². The second-order valence-corrected chi connectivity index (χ2v) is 4.92. The molecule has 1 fully saturated rings. The quantitative estimate of drug-likeness (QED) is 0.727. The van der Waals surface area contributed by atoms with Gasteiger partial charge in [-0.05, 0) is 33.0 Å². The molecule has 0 amide bonds. The SMILES string of the molecule is CC(CN1CCC(CN(C)C)C1)C(=O)O. The molecular weight excluding hydrogens is 192 g/mol. The molecule has 1 saturated heterocycles. The van der Waals surface area contributed by atoms with Gasteiger partial charge in [0, 0.05) is 19.6 Å². The fourth-order valence-corrected chi connectivity index (χ4v) is 2.21. The van der Waals surface area contributed by atoms with Crippen LogP contribution in [-0.2, 0) is 4.79 Å². The molecule has 0 aliphatic carbocycles. The molecule has 0 bridgehead atoms. The van der Waals surface area contributed by atoms with E-state index < -0.39 is 5.97 Å². The molecule has 1 rings (SSSR count). The van der Waals surface area contributed by atoms with Crippen LogP contribution in [0, 0.1) is 11.8 Å². The molecule has 0 saturated carbocycles. The highest BCUT2D eigenvalue weighted by Gasteiger charge is 2.25. The van der Waals surface area contributed by atoms with Crippen molar-refractivity contribution >= 4 is 5.97 Å². The molecule has 1 heterocycles. The van der Waals surface area contributed by atoms with Crippen molar-refractivity contribution in [1.82, 2.24) is 9.80 Å². The Morgan fingerprint density at radius 1 is 1.60 bits per heavy atom. The van der Waals surface area contributed by atoms with Crippen LogP contribution in [0.15, 0.2) is 0 Å². The van der Waals surface area contributed by atoms with E-state index in [0.717, 1.165) is 19.6 Å². The van der Waals surface area contributed by atoms with E-state index in [9.17, 15) is 4.79 Å². The zero-order chi connectivity index (χ0) is 11.4. The summed E-state index contributed by atoms with van der Waals surface area (Å²) in [6.07, 6.45) is 1.20. The first-order valence-electron chi connectivity index (χ1n) is 5.59. The summed E-state index contributed by atoms with van der Waals surface area (Å²) in [5.41, 5.74) is 0. The smallest absolute Gasteiger partial charge is 0.307 e. The number of aliphatic carboxylic acids is 1. The van der Waals surface area contributed by atoms with Crippen molar-refractivity contribution in [3.63, 3.8) is 0 Å². The van der Waals surface area contributed by atoms with Crippen LogP contribution in [0.1, 0.15) is 13.3 Å². The molecular formula is C11H22N2O2. The van der Waals surface area contributed by atoms with Crippen molar-refractivity contribution in [2.45, 2.75) is 13.3 Å². The summed E-state index contributed by atoms with van der Waals surface area (Å²) in [4.78, 5) is 15.2. The minimum Gasteiger partial charge on any atom is -0.481 e. The Morgan fingerprint density at radius 2 is 2.27 bits per heavy atom. The highest BCUT2D eigenvalue weighted by atomic mass is 16.4. The average molecular weight is 214 g/mol. The van der Waals surface area contributed by atoms with E-state index in [2.05, 4.69) is 23.9 Å². The third kappa shape index (κ3) is 4.18. The first kappa shape index (κ1) is 12.5. The summed E-state index contributed by atoms with van der Waals surface area (Å²) in [6.45, 7) is 5.69. The summed E-state index contributed by atoms with van der Waals surface area (Å²) < 4.78 is 0. The van der Waals surface area contributed by atoms with E-state index in [4.69, 9.17) is 5.11 Å². The summed E-state index contributed by atoms with van der Waals surface area (Å²) in [6, 6.07) is 0. The van der Waals surface area contributed by atoms with Crippen molar-refractivity contribution in [2.24, 2.45) is 11.8 Å². The summed E-state index contributed by atoms with van der Waals surface area (Å²) in [7, 11) is 4.17. The molecule has 1 aliphatic rings. The number of carboxylic acids is 1. The molecule has 0 aromatic rings. The Balaban J connectivity index is 2.27. The summed E-state index contributed by atoms with van der Waals surface area (Å²) in [5.74, 6) is -0.227. The van der Waals surface area contributed by atoms with Crippen LogP contribution in [0.5, 0.6) is 0 Å². The number of rotatable bonds is 5. The van der Waals surface area contributed by atoms with E-state index in [0.29, 0.717) is 12.5 Å². The maximum Gasteiger partial charge on any atom is 0.307 e. The molecule has 2 atom stereocenters. The minimum absolute atomic E-state index is 0.247. The molecule has 4 heteroatoms. The summed E-state index contributed by atoms with van der Waals surface area (Å²) >= 11 is 0. The van der Waals surface area contributed by atoms with Crippen LogP contribution in [-0.4, -0.2) is 61.2 Å². The monoisotopic (exact) mass is 214 g/mol. The van der Waals surface area contributed by atoms with Crippen LogP contribution in [0.2, 0.25) is 0 Å². The predicted molar refractivity (Wildman–Crippen MR) is 59.9 cm³/mol. The number of carbonyl (C=O) groups is 1. The van der Waals surface area contributed by atoms with Crippen LogP contribution in [0.3, 0.4) is 0 Å². The van der Waals surface area contributed by atoms with Gasteiger partial charge in [0.15, 0.2) is 0 Å². The zero-order valence-electron chi connectivity index (χ0n) is 9.94. The highest BCUT2D eigenvalue weighted by Crippen LogP contribution is 2.17. The number of hydrogen-bond donors (Lipinski definition) is 1. The minimum atomic E-state index is -0.689. The van der Waals surface area contributed by atoms with Crippen LogP contribution < -0.4 is 0 Å². The van der Waals surface area contributed by atoms with Gasteiger partial charge in [-0.2, -0.15) is 0 Å². The van der Waals surface area contributed by atoms with Gasteiger partial charge < -0.3 is 14.9 Å².